The standard InChI is InChI=1S/C31H35Cl2N7O4/c1-6-25(41)35-22-15-19(40-12-10-39(7-2)11-13-40)8-9-21(22)36-31-34-17-18-14-20(30(42)38(3)29(18)37-31)26-27(32)23(43-4)16-24(44-5)28(26)33/h6,8-9,14-17,25,35,41H,1,7,10-13H2,2-5H3,(H,34,36,37). The summed E-state index contributed by atoms with van der Waals surface area (Å²) in [6, 6.07) is 9.13. The van der Waals surface area contributed by atoms with E-state index in [2.05, 4.69) is 43.9 Å². The third-order valence-corrected chi connectivity index (χ3v) is 8.50. The molecule has 1 fully saturated rings. The molecule has 3 heterocycles. The Morgan fingerprint density at radius 1 is 1.07 bits per heavy atom. The van der Waals surface area contributed by atoms with Crippen LogP contribution in [0.4, 0.5) is 23.0 Å². The van der Waals surface area contributed by atoms with Crippen LogP contribution in [0.1, 0.15) is 6.92 Å². The lowest BCUT2D eigenvalue weighted by Gasteiger charge is -2.36. The van der Waals surface area contributed by atoms with Crippen molar-refractivity contribution in [3.63, 3.8) is 0 Å². The summed E-state index contributed by atoms with van der Waals surface area (Å²) in [5.41, 5.74) is 2.89. The smallest absolute Gasteiger partial charge is 0.259 e. The minimum Gasteiger partial charge on any atom is -0.495 e. The molecule has 0 spiro atoms. The minimum absolute atomic E-state index is 0.186. The second-order valence-corrected chi connectivity index (χ2v) is 11.0. The van der Waals surface area contributed by atoms with Crippen LogP contribution >= 0.6 is 23.2 Å². The number of rotatable bonds is 10. The highest BCUT2D eigenvalue weighted by atomic mass is 35.5. The Morgan fingerprint density at radius 3 is 2.36 bits per heavy atom. The maximum absolute atomic E-state index is 13.6. The fourth-order valence-electron chi connectivity index (χ4n) is 5.23. The molecule has 13 heteroatoms. The Balaban J connectivity index is 1.51. The summed E-state index contributed by atoms with van der Waals surface area (Å²) in [6.07, 6.45) is 2.06. The minimum atomic E-state index is -0.964. The van der Waals surface area contributed by atoms with Gasteiger partial charge in [-0.05, 0) is 36.9 Å². The molecule has 0 aliphatic carbocycles. The molecule has 0 saturated carbocycles. The van der Waals surface area contributed by atoms with Crippen LogP contribution in [-0.4, -0.2) is 77.7 Å². The van der Waals surface area contributed by atoms with Crippen molar-refractivity contribution in [2.24, 2.45) is 7.05 Å². The van der Waals surface area contributed by atoms with Gasteiger partial charge in [0.25, 0.3) is 5.56 Å². The number of likely N-dealkylation sites (N-methyl/N-ethyl adjacent to an activating group) is 1. The molecule has 1 unspecified atom stereocenters. The van der Waals surface area contributed by atoms with Gasteiger partial charge in [-0.3, -0.25) is 9.36 Å². The van der Waals surface area contributed by atoms with Crippen LogP contribution < -0.4 is 30.6 Å². The van der Waals surface area contributed by atoms with E-state index < -0.39 is 6.23 Å². The Hall–Kier alpha value is -4.03. The second-order valence-electron chi connectivity index (χ2n) is 10.3. The van der Waals surface area contributed by atoms with E-state index in [4.69, 9.17) is 32.7 Å². The first-order valence-electron chi connectivity index (χ1n) is 14.1. The fourth-order valence-corrected chi connectivity index (χ4v) is 5.93. The Kier molecular flexibility index (Phi) is 9.50. The van der Waals surface area contributed by atoms with E-state index >= 15 is 0 Å². The lowest BCUT2D eigenvalue weighted by atomic mass is 10.0. The van der Waals surface area contributed by atoms with Gasteiger partial charge in [-0.25, -0.2) is 4.98 Å². The summed E-state index contributed by atoms with van der Waals surface area (Å²) in [5.74, 6) is 0.905. The highest BCUT2D eigenvalue weighted by molar-refractivity contribution is 6.41. The summed E-state index contributed by atoms with van der Waals surface area (Å²) >= 11 is 13.2. The first-order valence-corrected chi connectivity index (χ1v) is 14.9. The van der Waals surface area contributed by atoms with Crippen LogP contribution in [0.25, 0.3) is 22.2 Å². The van der Waals surface area contributed by atoms with Crippen molar-refractivity contribution in [1.82, 2.24) is 19.4 Å². The monoisotopic (exact) mass is 639 g/mol. The zero-order chi connectivity index (χ0) is 31.5. The van der Waals surface area contributed by atoms with Crippen molar-refractivity contribution in [2.45, 2.75) is 13.2 Å². The van der Waals surface area contributed by atoms with E-state index in [9.17, 15) is 9.90 Å². The summed E-state index contributed by atoms with van der Waals surface area (Å²) in [4.78, 5) is 27.5. The number of fused-ring (bicyclic) bond motifs is 1. The van der Waals surface area contributed by atoms with Crippen molar-refractivity contribution in [3.8, 4) is 22.6 Å². The molecule has 5 rings (SSSR count). The second kappa shape index (κ2) is 13.3. The third-order valence-electron chi connectivity index (χ3n) is 7.75. The average molecular weight is 641 g/mol. The number of methoxy groups -OCH3 is 2. The van der Waals surface area contributed by atoms with Crippen LogP contribution in [0.15, 0.2) is 54.0 Å². The van der Waals surface area contributed by atoms with Gasteiger partial charge in [0.2, 0.25) is 5.95 Å². The molecule has 0 radical (unpaired) electrons. The molecule has 11 nitrogen and oxygen atoms in total. The fraction of sp³-hybridized carbons (Fsp3) is 0.323. The maximum atomic E-state index is 13.6. The topological polar surface area (TPSA) is 117 Å². The molecule has 2 aromatic carbocycles. The van der Waals surface area contributed by atoms with Crippen LogP contribution in [0.2, 0.25) is 10.0 Å². The number of piperazine rings is 1. The van der Waals surface area contributed by atoms with E-state index in [1.165, 1.54) is 24.9 Å². The van der Waals surface area contributed by atoms with Gasteiger partial charge in [0.05, 0.1) is 41.2 Å². The van der Waals surface area contributed by atoms with Crippen LogP contribution in [0, 0.1) is 0 Å². The molecular weight excluding hydrogens is 605 g/mol. The van der Waals surface area contributed by atoms with E-state index in [-0.39, 0.29) is 27.1 Å². The Morgan fingerprint density at radius 2 is 1.75 bits per heavy atom. The molecule has 4 aromatic rings. The molecular formula is C31H35Cl2N7O4. The van der Waals surface area contributed by atoms with Gasteiger partial charge < -0.3 is 35.0 Å². The van der Waals surface area contributed by atoms with E-state index in [0.717, 1.165) is 38.4 Å². The van der Waals surface area contributed by atoms with Gasteiger partial charge in [-0.15, -0.1) is 0 Å². The molecule has 1 atom stereocenters. The quantitative estimate of drug-likeness (QED) is 0.159. The van der Waals surface area contributed by atoms with Gasteiger partial charge in [0.1, 0.15) is 23.4 Å². The zero-order valence-corrected chi connectivity index (χ0v) is 26.5. The van der Waals surface area contributed by atoms with Gasteiger partial charge >= 0.3 is 0 Å². The van der Waals surface area contributed by atoms with Gasteiger partial charge in [0.15, 0.2) is 0 Å². The predicted molar refractivity (Wildman–Crippen MR) is 177 cm³/mol. The first kappa shape index (κ1) is 31.4. The number of pyridine rings is 1. The Bertz CT molecular complexity index is 1730. The number of ether oxygens (including phenoxy) is 2. The van der Waals surface area contributed by atoms with Gasteiger partial charge in [-0.1, -0.05) is 36.7 Å². The molecule has 1 aliphatic rings. The lowest BCUT2D eigenvalue weighted by Crippen LogP contribution is -2.46. The van der Waals surface area contributed by atoms with Crippen LogP contribution in [-0.2, 0) is 7.05 Å². The number of nitrogens with zero attached hydrogens (tertiary/aromatic N) is 5. The largest absolute Gasteiger partial charge is 0.495 e. The van der Waals surface area contributed by atoms with Crippen molar-refractivity contribution < 1.29 is 14.6 Å². The molecule has 232 valence electrons. The van der Waals surface area contributed by atoms with Crippen molar-refractivity contribution >= 4 is 57.2 Å². The molecule has 44 heavy (non-hydrogen) atoms. The lowest BCUT2D eigenvalue weighted by molar-refractivity contribution is 0.253. The number of aliphatic hydroxyl groups is 1. The number of aryl methyl sites for hydroxylation is 1. The molecule has 0 amide bonds. The number of hydrogen-bond donors (Lipinski definition) is 3. The van der Waals surface area contributed by atoms with E-state index in [1.54, 1.807) is 25.4 Å². The summed E-state index contributed by atoms with van der Waals surface area (Å²) < 4.78 is 12.2. The normalized spacial score (nSPS) is 14.4. The SMILES string of the molecule is C=CC(O)Nc1cc(N2CCN(CC)CC2)ccc1Nc1ncc2cc(-c3c(Cl)c(OC)cc(OC)c3Cl)c(=O)n(C)c2n1. The van der Waals surface area contributed by atoms with Crippen LogP contribution in [0.5, 0.6) is 11.5 Å². The number of aliphatic hydroxyl groups excluding tert-OH is 1. The van der Waals surface area contributed by atoms with Gasteiger partial charge in [0, 0.05) is 62.1 Å². The van der Waals surface area contributed by atoms with E-state index in [1.807, 2.05) is 18.2 Å². The number of anilines is 4. The summed E-state index contributed by atoms with van der Waals surface area (Å²) in [6.45, 7) is 10.7. The number of halogens is 2. The highest BCUT2D eigenvalue weighted by Gasteiger charge is 2.23. The zero-order valence-electron chi connectivity index (χ0n) is 25.0. The number of hydrogen-bond acceptors (Lipinski definition) is 10. The number of nitrogens with one attached hydrogen (secondary N) is 2. The molecule has 1 aliphatic heterocycles. The average Bonchev–Trinajstić information content (AvgIpc) is 3.04. The van der Waals surface area contributed by atoms with Crippen molar-refractivity contribution in [1.29, 1.82) is 0 Å². The predicted octanol–water partition coefficient (Wildman–Crippen LogP) is 5.12. The molecule has 0 bridgehead atoms. The van der Waals surface area contributed by atoms with Gasteiger partial charge in [-0.2, -0.15) is 4.98 Å². The third kappa shape index (κ3) is 6.14. The molecule has 2 aromatic heterocycles. The van der Waals surface area contributed by atoms with E-state index in [0.29, 0.717) is 39.5 Å². The molecule has 3 N–H and O–H groups in total. The first-order chi connectivity index (χ1) is 21.2. The molecule has 1 saturated heterocycles. The summed E-state index contributed by atoms with van der Waals surface area (Å²) in [7, 11) is 4.56. The van der Waals surface area contributed by atoms with Crippen molar-refractivity contribution in [3.05, 3.63) is 69.6 Å². The Labute approximate surface area is 265 Å². The highest BCUT2D eigenvalue weighted by Crippen LogP contribution is 2.45. The van der Waals surface area contributed by atoms with Crippen LogP contribution in [0.3, 0.4) is 0 Å². The number of benzene rings is 2. The summed E-state index contributed by atoms with van der Waals surface area (Å²) in [5, 5.41) is 17.6. The van der Waals surface area contributed by atoms with Crippen molar-refractivity contribution in [2.75, 3.05) is 62.5 Å². The number of aromatic nitrogens is 3. The maximum Gasteiger partial charge on any atom is 0.259 e.